The standard InChI is InChI=1S/C19H22FN3O2/c1-13-4-7-16(8-5-13)22-18(24)12-23(3)19(25)11-21-17-9-6-15(20)10-14(17)2/h4-10,21H,11-12H2,1-3H3,(H,22,24). The van der Waals surface area contributed by atoms with Gasteiger partial charge >= 0.3 is 0 Å². The Bertz CT molecular complexity index is 760. The summed E-state index contributed by atoms with van der Waals surface area (Å²) in [6.45, 7) is 3.71. The molecule has 0 radical (unpaired) electrons. The average Bonchev–Trinajstić information content (AvgIpc) is 2.55. The van der Waals surface area contributed by atoms with Crippen LogP contribution in [0.4, 0.5) is 15.8 Å². The van der Waals surface area contributed by atoms with Gasteiger partial charge in [-0.1, -0.05) is 17.7 Å². The Labute approximate surface area is 146 Å². The van der Waals surface area contributed by atoms with Crippen LogP contribution in [-0.4, -0.2) is 36.9 Å². The highest BCUT2D eigenvalue weighted by atomic mass is 19.1. The van der Waals surface area contributed by atoms with Gasteiger partial charge < -0.3 is 15.5 Å². The fourth-order valence-corrected chi connectivity index (χ4v) is 2.27. The first kappa shape index (κ1) is 18.4. The van der Waals surface area contributed by atoms with Crippen LogP contribution in [-0.2, 0) is 9.59 Å². The molecular weight excluding hydrogens is 321 g/mol. The lowest BCUT2D eigenvalue weighted by atomic mass is 10.2. The monoisotopic (exact) mass is 343 g/mol. The number of benzene rings is 2. The molecule has 2 aromatic rings. The first-order valence-corrected chi connectivity index (χ1v) is 7.95. The molecule has 0 heterocycles. The molecule has 0 saturated heterocycles. The van der Waals surface area contributed by atoms with Crippen molar-refractivity contribution >= 4 is 23.2 Å². The number of carbonyl (C=O) groups is 2. The van der Waals surface area contributed by atoms with Crippen LogP contribution in [0.5, 0.6) is 0 Å². The number of hydrogen-bond donors (Lipinski definition) is 2. The number of aryl methyl sites for hydroxylation is 2. The van der Waals surface area contributed by atoms with Gasteiger partial charge in [-0.15, -0.1) is 0 Å². The van der Waals surface area contributed by atoms with Crippen LogP contribution in [0, 0.1) is 19.7 Å². The van der Waals surface area contributed by atoms with Crippen LogP contribution in [0.1, 0.15) is 11.1 Å². The molecule has 0 fully saturated rings. The fourth-order valence-electron chi connectivity index (χ4n) is 2.27. The molecule has 0 bridgehead atoms. The number of carbonyl (C=O) groups excluding carboxylic acids is 2. The maximum absolute atomic E-state index is 13.1. The van der Waals surface area contributed by atoms with E-state index in [1.807, 2.05) is 31.2 Å². The van der Waals surface area contributed by atoms with Crippen LogP contribution < -0.4 is 10.6 Å². The van der Waals surface area contributed by atoms with Crippen molar-refractivity contribution in [1.29, 1.82) is 0 Å². The second kappa shape index (κ2) is 8.28. The van der Waals surface area contributed by atoms with Crippen LogP contribution in [0.15, 0.2) is 42.5 Å². The minimum absolute atomic E-state index is 0.0286. The minimum atomic E-state index is -0.320. The van der Waals surface area contributed by atoms with E-state index < -0.39 is 0 Å². The maximum Gasteiger partial charge on any atom is 0.243 e. The van der Waals surface area contributed by atoms with Gasteiger partial charge in [-0.3, -0.25) is 9.59 Å². The Morgan fingerprint density at radius 1 is 1.08 bits per heavy atom. The average molecular weight is 343 g/mol. The molecule has 2 amide bonds. The number of rotatable bonds is 6. The third kappa shape index (κ3) is 5.60. The van der Waals surface area contributed by atoms with Gasteiger partial charge in [0.15, 0.2) is 0 Å². The summed E-state index contributed by atoms with van der Waals surface area (Å²) < 4.78 is 13.1. The smallest absolute Gasteiger partial charge is 0.243 e. The normalized spacial score (nSPS) is 10.2. The van der Waals surface area contributed by atoms with Crippen molar-refractivity contribution in [2.24, 2.45) is 0 Å². The number of anilines is 2. The molecule has 0 atom stereocenters. The Morgan fingerprint density at radius 2 is 1.76 bits per heavy atom. The highest BCUT2D eigenvalue weighted by molar-refractivity contribution is 5.95. The SMILES string of the molecule is Cc1ccc(NC(=O)CN(C)C(=O)CNc2ccc(F)cc2C)cc1. The van der Waals surface area contributed by atoms with Crippen LogP contribution in [0.3, 0.4) is 0 Å². The summed E-state index contributed by atoms with van der Waals surface area (Å²) in [4.78, 5) is 25.5. The van der Waals surface area contributed by atoms with E-state index in [0.717, 1.165) is 5.56 Å². The maximum atomic E-state index is 13.1. The van der Waals surface area contributed by atoms with Gasteiger partial charge in [0.2, 0.25) is 11.8 Å². The van der Waals surface area contributed by atoms with Crippen molar-refractivity contribution in [3.8, 4) is 0 Å². The number of amides is 2. The zero-order chi connectivity index (χ0) is 18.4. The molecule has 2 N–H and O–H groups in total. The van der Waals surface area contributed by atoms with E-state index in [4.69, 9.17) is 0 Å². The number of halogens is 1. The molecule has 0 aliphatic carbocycles. The van der Waals surface area contributed by atoms with Gasteiger partial charge in [-0.05, 0) is 49.7 Å². The summed E-state index contributed by atoms with van der Waals surface area (Å²) in [5, 5.41) is 5.71. The fraction of sp³-hybridized carbons (Fsp3) is 0.263. The molecule has 0 aliphatic rings. The Kier molecular flexibility index (Phi) is 6.11. The van der Waals surface area contributed by atoms with Gasteiger partial charge in [0.25, 0.3) is 0 Å². The highest BCUT2D eigenvalue weighted by Crippen LogP contribution is 2.15. The molecule has 2 rings (SSSR count). The second-order valence-electron chi connectivity index (χ2n) is 5.98. The van der Waals surface area contributed by atoms with Crippen molar-refractivity contribution < 1.29 is 14.0 Å². The summed E-state index contributed by atoms with van der Waals surface area (Å²) in [6, 6.07) is 11.7. The lowest BCUT2D eigenvalue weighted by molar-refractivity contribution is -0.131. The summed E-state index contributed by atoms with van der Waals surface area (Å²) in [5.74, 6) is -0.820. The second-order valence-corrected chi connectivity index (χ2v) is 5.98. The van der Waals surface area contributed by atoms with E-state index in [2.05, 4.69) is 10.6 Å². The number of likely N-dealkylation sites (N-methyl/N-ethyl adjacent to an activating group) is 1. The van der Waals surface area contributed by atoms with E-state index >= 15 is 0 Å². The quantitative estimate of drug-likeness (QED) is 0.848. The van der Waals surface area contributed by atoms with Crippen LogP contribution in [0.25, 0.3) is 0 Å². The molecule has 132 valence electrons. The van der Waals surface area contributed by atoms with E-state index in [0.29, 0.717) is 16.9 Å². The van der Waals surface area contributed by atoms with E-state index in [9.17, 15) is 14.0 Å². The number of nitrogens with zero attached hydrogens (tertiary/aromatic N) is 1. The number of nitrogens with one attached hydrogen (secondary N) is 2. The molecule has 0 unspecified atom stereocenters. The van der Waals surface area contributed by atoms with E-state index in [1.165, 1.54) is 17.0 Å². The Morgan fingerprint density at radius 3 is 2.40 bits per heavy atom. The topological polar surface area (TPSA) is 61.4 Å². The number of hydrogen-bond acceptors (Lipinski definition) is 3. The van der Waals surface area contributed by atoms with Crippen molar-refractivity contribution in [3.63, 3.8) is 0 Å². The predicted octanol–water partition coefficient (Wildman–Crippen LogP) is 2.95. The Hall–Kier alpha value is -2.89. The van der Waals surface area contributed by atoms with Gasteiger partial charge in [0, 0.05) is 18.4 Å². The van der Waals surface area contributed by atoms with Crippen molar-refractivity contribution in [2.75, 3.05) is 30.8 Å². The molecule has 0 saturated carbocycles. The molecule has 0 aromatic heterocycles. The van der Waals surface area contributed by atoms with Crippen molar-refractivity contribution in [1.82, 2.24) is 4.90 Å². The Balaban J connectivity index is 1.82. The largest absolute Gasteiger partial charge is 0.376 e. The molecule has 0 aliphatic heterocycles. The summed E-state index contributed by atoms with van der Waals surface area (Å²) in [5.41, 5.74) is 3.20. The molecule has 0 spiro atoms. The molecule has 25 heavy (non-hydrogen) atoms. The van der Waals surface area contributed by atoms with Crippen LogP contribution in [0.2, 0.25) is 0 Å². The summed E-state index contributed by atoms with van der Waals surface area (Å²) in [6.07, 6.45) is 0. The summed E-state index contributed by atoms with van der Waals surface area (Å²) >= 11 is 0. The zero-order valence-corrected chi connectivity index (χ0v) is 14.6. The van der Waals surface area contributed by atoms with Gasteiger partial charge in [-0.2, -0.15) is 0 Å². The predicted molar refractivity (Wildman–Crippen MR) is 97.1 cm³/mol. The molecule has 2 aromatic carbocycles. The summed E-state index contributed by atoms with van der Waals surface area (Å²) in [7, 11) is 1.57. The highest BCUT2D eigenvalue weighted by Gasteiger charge is 2.13. The first-order valence-electron chi connectivity index (χ1n) is 7.95. The molecule has 6 heteroatoms. The van der Waals surface area contributed by atoms with Crippen LogP contribution >= 0.6 is 0 Å². The molecular formula is C19H22FN3O2. The van der Waals surface area contributed by atoms with E-state index in [-0.39, 0.29) is 30.7 Å². The van der Waals surface area contributed by atoms with Crippen molar-refractivity contribution in [2.45, 2.75) is 13.8 Å². The van der Waals surface area contributed by atoms with Gasteiger partial charge in [0.05, 0.1) is 13.1 Å². The van der Waals surface area contributed by atoms with E-state index in [1.54, 1.807) is 20.0 Å². The van der Waals surface area contributed by atoms with Gasteiger partial charge in [0.1, 0.15) is 5.82 Å². The molecule has 5 nitrogen and oxygen atoms in total. The minimum Gasteiger partial charge on any atom is -0.376 e. The lowest BCUT2D eigenvalue weighted by Gasteiger charge is -2.18. The third-order valence-electron chi connectivity index (χ3n) is 3.76. The first-order chi connectivity index (χ1) is 11.8. The lowest BCUT2D eigenvalue weighted by Crippen LogP contribution is -2.38. The van der Waals surface area contributed by atoms with Gasteiger partial charge in [-0.25, -0.2) is 4.39 Å². The zero-order valence-electron chi connectivity index (χ0n) is 14.6. The van der Waals surface area contributed by atoms with Crippen molar-refractivity contribution in [3.05, 3.63) is 59.4 Å². The third-order valence-corrected chi connectivity index (χ3v) is 3.76.